The van der Waals surface area contributed by atoms with Crippen LogP contribution in [-0.4, -0.2) is 45.3 Å². The van der Waals surface area contributed by atoms with Crippen molar-refractivity contribution in [3.63, 3.8) is 0 Å². The minimum absolute atomic E-state index is 0.136. The number of esters is 2. The molecule has 0 bridgehead atoms. The molecule has 2 N–H and O–H groups in total. The second-order valence-electron chi connectivity index (χ2n) is 7.94. The number of benzene rings is 2. The summed E-state index contributed by atoms with van der Waals surface area (Å²) >= 11 is 0. The number of rotatable bonds is 6. The van der Waals surface area contributed by atoms with Crippen molar-refractivity contribution in [2.45, 2.75) is 38.7 Å². The lowest BCUT2D eigenvalue weighted by Crippen LogP contribution is -2.32. The number of nitrogen functional groups attached to an aromatic ring is 1. The van der Waals surface area contributed by atoms with E-state index in [1.54, 1.807) is 50.2 Å². The molecule has 1 saturated heterocycles. The van der Waals surface area contributed by atoms with Gasteiger partial charge in [0.05, 0.1) is 11.1 Å². The molecule has 1 fully saturated rings. The van der Waals surface area contributed by atoms with Gasteiger partial charge in [0.2, 0.25) is 5.95 Å². The van der Waals surface area contributed by atoms with Crippen molar-refractivity contribution >= 4 is 17.9 Å². The van der Waals surface area contributed by atoms with Crippen molar-refractivity contribution in [2.75, 3.05) is 12.3 Å². The highest BCUT2D eigenvalue weighted by molar-refractivity contribution is 5.91. The van der Waals surface area contributed by atoms with Gasteiger partial charge in [0.25, 0.3) is 0 Å². The molecule has 1 aliphatic rings. The minimum atomic E-state index is -0.829. The van der Waals surface area contributed by atoms with Crippen LogP contribution in [0, 0.1) is 13.8 Å². The van der Waals surface area contributed by atoms with Gasteiger partial charge in [-0.15, -0.1) is 0 Å². The average Bonchev–Trinajstić information content (AvgIpc) is 3.20. The molecule has 0 amide bonds. The predicted octanol–water partition coefficient (Wildman–Crippen LogP) is 2.21. The zero-order chi connectivity index (χ0) is 24.2. The van der Waals surface area contributed by atoms with Gasteiger partial charge in [0.15, 0.2) is 0 Å². The monoisotopic (exact) mass is 464 g/mol. The number of anilines is 1. The first-order valence-electron chi connectivity index (χ1n) is 10.7. The van der Waals surface area contributed by atoms with Gasteiger partial charge in [-0.1, -0.05) is 36.4 Å². The molecule has 2 aromatic carbocycles. The van der Waals surface area contributed by atoms with Crippen LogP contribution in [0.15, 0.2) is 59.7 Å². The fraction of sp³-hybridized carbons (Fsp3) is 0.292. The standard InChI is InChI=1S/C24H24N4O6/c1-14-7-3-5-9-16(14)21(29)32-12-19-18(34-22(30)17-10-6-4-8-15(17)2)11-20(33-19)28-13-26-23(25)27-24(28)31/h3-10,13,18-20H,11-12H2,1-2H3,(H2,25,27,31)/t18-,19+,20+/m0/s1. The molecule has 0 saturated carbocycles. The number of aryl methyl sites for hydroxylation is 2. The Morgan fingerprint density at radius 3 is 2.29 bits per heavy atom. The minimum Gasteiger partial charge on any atom is -0.459 e. The summed E-state index contributed by atoms with van der Waals surface area (Å²) in [6.45, 7) is 3.43. The first-order valence-corrected chi connectivity index (χ1v) is 10.7. The Morgan fingerprint density at radius 2 is 1.68 bits per heavy atom. The fourth-order valence-electron chi connectivity index (χ4n) is 3.74. The van der Waals surface area contributed by atoms with Crippen LogP contribution >= 0.6 is 0 Å². The largest absolute Gasteiger partial charge is 0.459 e. The second-order valence-corrected chi connectivity index (χ2v) is 7.94. The van der Waals surface area contributed by atoms with Crippen LogP contribution in [0.4, 0.5) is 5.95 Å². The van der Waals surface area contributed by atoms with Gasteiger partial charge in [-0.05, 0) is 37.1 Å². The summed E-state index contributed by atoms with van der Waals surface area (Å²) in [6.07, 6.45) is -1.07. The Hall–Kier alpha value is -4.05. The predicted molar refractivity (Wildman–Crippen MR) is 121 cm³/mol. The van der Waals surface area contributed by atoms with Crippen LogP contribution in [0.5, 0.6) is 0 Å². The number of ether oxygens (including phenoxy) is 3. The first kappa shape index (κ1) is 23.1. The van der Waals surface area contributed by atoms with E-state index in [1.807, 2.05) is 12.1 Å². The molecule has 0 radical (unpaired) electrons. The Labute approximate surface area is 195 Å². The molecule has 1 aromatic heterocycles. The number of nitrogens with two attached hydrogens (primary N) is 1. The van der Waals surface area contributed by atoms with E-state index in [0.717, 1.165) is 15.7 Å². The maximum absolute atomic E-state index is 12.8. The third kappa shape index (κ3) is 4.96. The average molecular weight is 464 g/mol. The number of aromatic nitrogens is 3. The van der Waals surface area contributed by atoms with Crippen molar-refractivity contribution in [1.82, 2.24) is 14.5 Å². The fourth-order valence-corrected chi connectivity index (χ4v) is 3.74. The summed E-state index contributed by atoms with van der Waals surface area (Å²) in [5.74, 6) is -1.23. The van der Waals surface area contributed by atoms with Crippen LogP contribution < -0.4 is 11.4 Å². The van der Waals surface area contributed by atoms with Crippen molar-refractivity contribution in [2.24, 2.45) is 0 Å². The molecule has 0 unspecified atom stereocenters. The molecule has 176 valence electrons. The van der Waals surface area contributed by atoms with Gasteiger partial charge >= 0.3 is 17.6 Å². The molecule has 0 aliphatic carbocycles. The third-order valence-corrected chi connectivity index (χ3v) is 5.60. The molecule has 1 aliphatic heterocycles. The number of carbonyl (C=O) groups excluding carboxylic acids is 2. The van der Waals surface area contributed by atoms with E-state index in [1.165, 1.54) is 6.33 Å². The molecule has 10 heteroatoms. The summed E-state index contributed by atoms with van der Waals surface area (Å²) in [4.78, 5) is 45.1. The number of hydrogen-bond donors (Lipinski definition) is 1. The summed E-state index contributed by atoms with van der Waals surface area (Å²) in [7, 11) is 0. The normalized spacial score (nSPS) is 19.5. The van der Waals surface area contributed by atoms with Gasteiger partial charge in [-0.3, -0.25) is 4.57 Å². The number of nitrogens with zero attached hydrogens (tertiary/aromatic N) is 3. The highest BCUT2D eigenvalue weighted by atomic mass is 16.6. The van der Waals surface area contributed by atoms with Gasteiger partial charge in [0.1, 0.15) is 31.4 Å². The lowest BCUT2D eigenvalue weighted by Gasteiger charge is -2.19. The van der Waals surface area contributed by atoms with Gasteiger partial charge < -0.3 is 19.9 Å². The van der Waals surface area contributed by atoms with Crippen molar-refractivity contribution < 1.29 is 23.8 Å². The van der Waals surface area contributed by atoms with Crippen LogP contribution in [0.25, 0.3) is 0 Å². The molecule has 2 heterocycles. The molecular weight excluding hydrogens is 440 g/mol. The van der Waals surface area contributed by atoms with E-state index in [0.29, 0.717) is 11.1 Å². The van der Waals surface area contributed by atoms with Crippen LogP contribution in [0.2, 0.25) is 0 Å². The SMILES string of the molecule is Cc1ccccc1C(=O)OC[C@H]1O[C@@H](n2cnc(N)nc2=O)C[C@@H]1OC(=O)c1ccccc1C. The van der Waals surface area contributed by atoms with Crippen LogP contribution in [-0.2, 0) is 14.2 Å². The quantitative estimate of drug-likeness (QED) is 0.545. The highest BCUT2D eigenvalue weighted by Gasteiger charge is 2.40. The van der Waals surface area contributed by atoms with Crippen LogP contribution in [0.1, 0.15) is 44.5 Å². The maximum Gasteiger partial charge on any atom is 0.354 e. The zero-order valence-electron chi connectivity index (χ0n) is 18.7. The Morgan fingerprint density at radius 1 is 1.06 bits per heavy atom. The van der Waals surface area contributed by atoms with Gasteiger partial charge in [-0.25, -0.2) is 19.4 Å². The van der Waals surface area contributed by atoms with E-state index >= 15 is 0 Å². The lowest BCUT2D eigenvalue weighted by molar-refractivity contribution is -0.0584. The molecule has 34 heavy (non-hydrogen) atoms. The van der Waals surface area contributed by atoms with E-state index < -0.39 is 36.1 Å². The van der Waals surface area contributed by atoms with E-state index in [-0.39, 0.29) is 19.0 Å². The number of hydrogen-bond acceptors (Lipinski definition) is 9. The van der Waals surface area contributed by atoms with E-state index in [4.69, 9.17) is 19.9 Å². The lowest BCUT2D eigenvalue weighted by atomic mass is 10.1. The Balaban J connectivity index is 1.53. The van der Waals surface area contributed by atoms with E-state index in [2.05, 4.69) is 9.97 Å². The number of carbonyl (C=O) groups is 2. The third-order valence-electron chi connectivity index (χ3n) is 5.60. The molecular formula is C24H24N4O6. The molecule has 3 aromatic rings. The highest BCUT2D eigenvalue weighted by Crippen LogP contribution is 2.31. The summed E-state index contributed by atoms with van der Waals surface area (Å²) in [5.41, 5.74) is 7.18. The van der Waals surface area contributed by atoms with Crippen molar-refractivity contribution in [1.29, 1.82) is 0 Å². The summed E-state index contributed by atoms with van der Waals surface area (Å²) < 4.78 is 18.3. The summed E-state index contributed by atoms with van der Waals surface area (Å²) in [6, 6.07) is 14.1. The van der Waals surface area contributed by atoms with Crippen LogP contribution in [0.3, 0.4) is 0 Å². The smallest absolute Gasteiger partial charge is 0.354 e. The van der Waals surface area contributed by atoms with Gasteiger partial charge in [0, 0.05) is 6.42 Å². The Bertz CT molecular complexity index is 1270. The Kier molecular flexibility index (Phi) is 6.69. The van der Waals surface area contributed by atoms with Gasteiger partial charge in [-0.2, -0.15) is 4.98 Å². The topological polar surface area (TPSA) is 136 Å². The first-order chi connectivity index (χ1) is 16.3. The molecule has 4 rings (SSSR count). The summed E-state index contributed by atoms with van der Waals surface area (Å²) in [5, 5.41) is 0. The van der Waals surface area contributed by atoms with Crippen molar-refractivity contribution in [3.05, 3.63) is 87.6 Å². The van der Waals surface area contributed by atoms with E-state index in [9.17, 15) is 14.4 Å². The molecule has 3 atom stereocenters. The second kappa shape index (κ2) is 9.84. The van der Waals surface area contributed by atoms with Crippen molar-refractivity contribution in [3.8, 4) is 0 Å². The zero-order valence-corrected chi connectivity index (χ0v) is 18.7. The molecule has 10 nitrogen and oxygen atoms in total. The molecule has 0 spiro atoms. The maximum atomic E-state index is 12.8.